The summed E-state index contributed by atoms with van der Waals surface area (Å²) in [4.78, 5) is 11.6. The summed E-state index contributed by atoms with van der Waals surface area (Å²) in [6, 6.07) is 0. The van der Waals surface area contributed by atoms with Crippen molar-refractivity contribution in [3.63, 3.8) is 0 Å². The van der Waals surface area contributed by atoms with E-state index in [0.717, 1.165) is 37.9 Å². The van der Waals surface area contributed by atoms with Crippen LogP contribution >= 0.6 is 0 Å². The molecule has 1 aromatic rings. The van der Waals surface area contributed by atoms with Gasteiger partial charge in [-0.15, -0.1) is 5.10 Å². The molecule has 0 bridgehead atoms. The zero-order chi connectivity index (χ0) is 13.7. The smallest absolute Gasteiger partial charge is 0.311 e. The minimum Gasteiger partial charge on any atom is -0.481 e. The maximum atomic E-state index is 11.6. The third-order valence-electron chi connectivity index (χ3n) is 4.85. The largest absolute Gasteiger partial charge is 0.481 e. The van der Waals surface area contributed by atoms with Crippen molar-refractivity contribution < 1.29 is 9.90 Å². The van der Waals surface area contributed by atoms with Crippen molar-refractivity contribution in [2.75, 3.05) is 0 Å². The van der Waals surface area contributed by atoms with E-state index in [0.29, 0.717) is 12.5 Å². The second-order valence-corrected chi connectivity index (χ2v) is 6.73. The van der Waals surface area contributed by atoms with Gasteiger partial charge in [-0.25, -0.2) is 4.68 Å². The summed E-state index contributed by atoms with van der Waals surface area (Å²) in [6.07, 6.45) is 4.51. The summed E-state index contributed by atoms with van der Waals surface area (Å²) in [7, 11) is 0. The fraction of sp³-hybridized carbons (Fsp3) is 0.846. The Morgan fingerprint density at radius 3 is 2.58 bits per heavy atom. The van der Waals surface area contributed by atoms with Crippen LogP contribution in [0, 0.1) is 10.8 Å². The van der Waals surface area contributed by atoms with Crippen molar-refractivity contribution in [1.29, 1.82) is 0 Å². The molecule has 19 heavy (non-hydrogen) atoms. The zero-order valence-corrected chi connectivity index (χ0v) is 11.5. The highest BCUT2D eigenvalue weighted by Gasteiger charge is 2.51. The Balaban J connectivity index is 1.84. The molecule has 1 unspecified atom stereocenters. The summed E-state index contributed by atoms with van der Waals surface area (Å²) >= 11 is 0. The molecular formula is C13H20N4O2. The minimum absolute atomic E-state index is 0.249. The van der Waals surface area contributed by atoms with E-state index in [-0.39, 0.29) is 5.41 Å². The predicted octanol–water partition coefficient (Wildman–Crippen LogP) is 1.83. The summed E-state index contributed by atoms with van der Waals surface area (Å²) in [5.41, 5.74) is -0.415. The van der Waals surface area contributed by atoms with E-state index < -0.39 is 11.4 Å². The van der Waals surface area contributed by atoms with Crippen LogP contribution in [0.1, 0.15) is 57.7 Å². The number of aliphatic carboxylic acids is 1. The first-order valence-electron chi connectivity index (χ1n) is 6.94. The molecule has 0 radical (unpaired) electrons. The first-order valence-corrected chi connectivity index (χ1v) is 6.94. The van der Waals surface area contributed by atoms with Crippen LogP contribution in [-0.2, 0) is 11.3 Å². The molecule has 3 rings (SSSR count). The highest BCUT2D eigenvalue weighted by molar-refractivity contribution is 5.74. The van der Waals surface area contributed by atoms with Crippen LogP contribution in [-0.4, -0.2) is 31.3 Å². The number of hydrogen-bond donors (Lipinski definition) is 1. The van der Waals surface area contributed by atoms with Crippen LogP contribution in [0.5, 0.6) is 0 Å². The lowest BCUT2D eigenvalue weighted by Crippen LogP contribution is -2.33. The Kier molecular flexibility index (Phi) is 2.66. The Bertz CT molecular complexity index is 502. The molecular weight excluding hydrogens is 244 g/mol. The lowest BCUT2D eigenvalue weighted by atomic mass is 9.86. The van der Waals surface area contributed by atoms with Crippen molar-refractivity contribution in [1.82, 2.24) is 20.2 Å². The molecule has 104 valence electrons. The van der Waals surface area contributed by atoms with Crippen molar-refractivity contribution in [2.24, 2.45) is 10.8 Å². The highest BCUT2D eigenvalue weighted by atomic mass is 16.4. The molecule has 1 atom stereocenters. The quantitative estimate of drug-likeness (QED) is 0.897. The van der Waals surface area contributed by atoms with Crippen LogP contribution in [0.15, 0.2) is 0 Å². The van der Waals surface area contributed by atoms with E-state index >= 15 is 0 Å². The maximum Gasteiger partial charge on any atom is 0.311 e. The van der Waals surface area contributed by atoms with Gasteiger partial charge in [0.1, 0.15) is 0 Å². The summed E-state index contributed by atoms with van der Waals surface area (Å²) in [5, 5.41) is 21.4. The van der Waals surface area contributed by atoms with Crippen molar-refractivity contribution in [3.05, 3.63) is 5.82 Å². The fourth-order valence-electron chi connectivity index (χ4n) is 3.26. The van der Waals surface area contributed by atoms with Crippen LogP contribution in [0.4, 0.5) is 0 Å². The summed E-state index contributed by atoms with van der Waals surface area (Å²) in [6.45, 7) is 4.80. The fourth-order valence-corrected chi connectivity index (χ4v) is 3.26. The van der Waals surface area contributed by atoms with E-state index in [1.165, 1.54) is 0 Å². The molecule has 0 aliphatic heterocycles. The van der Waals surface area contributed by atoms with Crippen molar-refractivity contribution >= 4 is 5.97 Å². The minimum atomic E-state index is -0.707. The van der Waals surface area contributed by atoms with Crippen molar-refractivity contribution in [3.8, 4) is 0 Å². The Hall–Kier alpha value is -1.46. The number of carbonyl (C=O) groups is 1. The molecule has 1 heterocycles. The third-order valence-corrected chi connectivity index (χ3v) is 4.85. The number of aromatic nitrogens is 4. The number of carboxylic acids is 1. The van der Waals surface area contributed by atoms with Crippen LogP contribution in [0.2, 0.25) is 0 Å². The predicted molar refractivity (Wildman–Crippen MR) is 67.5 cm³/mol. The third kappa shape index (κ3) is 2.03. The second kappa shape index (κ2) is 4.02. The van der Waals surface area contributed by atoms with E-state index in [9.17, 15) is 9.90 Å². The topological polar surface area (TPSA) is 80.9 Å². The lowest BCUT2D eigenvalue weighted by molar-refractivity contribution is -0.149. The van der Waals surface area contributed by atoms with Crippen LogP contribution in [0.3, 0.4) is 0 Å². The van der Waals surface area contributed by atoms with Crippen LogP contribution < -0.4 is 0 Å². The number of hydrogen-bond acceptors (Lipinski definition) is 4. The van der Waals surface area contributed by atoms with Gasteiger partial charge in [0.15, 0.2) is 5.82 Å². The summed E-state index contributed by atoms with van der Waals surface area (Å²) < 4.78 is 1.73. The lowest BCUT2D eigenvalue weighted by Gasteiger charge is -2.23. The number of tetrazole rings is 1. The van der Waals surface area contributed by atoms with E-state index in [1.54, 1.807) is 4.68 Å². The van der Waals surface area contributed by atoms with Gasteiger partial charge in [0, 0.05) is 5.92 Å². The van der Waals surface area contributed by atoms with Gasteiger partial charge in [0.25, 0.3) is 0 Å². The Morgan fingerprint density at radius 2 is 2.05 bits per heavy atom. The molecule has 0 spiro atoms. The number of nitrogens with zero attached hydrogens (tertiary/aromatic N) is 4. The highest BCUT2D eigenvalue weighted by Crippen LogP contribution is 2.58. The SMILES string of the molecule is CC1(C)CC1c1nnnn1CC1(C(=O)O)CCCC1. The van der Waals surface area contributed by atoms with Gasteiger partial charge in [-0.05, 0) is 35.1 Å². The molecule has 1 aromatic heterocycles. The van der Waals surface area contributed by atoms with Gasteiger partial charge in [0.05, 0.1) is 12.0 Å². The first-order chi connectivity index (χ1) is 8.95. The molecule has 1 N–H and O–H groups in total. The molecule has 0 aromatic carbocycles. The molecule has 0 amide bonds. The first kappa shape index (κ1) is 12.6. The maximum absolute atomic E-state index is 11.6. The van der Waals surface area contributed by atoms with Crippen LogP contribution in [0.25, 0.3) is 0 Å². The molecule has 2 saturated carbocycles. The van der Waals surface area contributed by atoms with E-state index in [4.69, 9.17) is 0 Å². The number of rotatable bonds is 4. The summed E-state index contributed by atoms with van der Waals surface area (Å²) in [5.74, 6) is 0.522. The van der Waals surface area contributed by atoms with Gasteiger partial charge in [-0.2, -0.15) is 0 Å². The molecule has 2 aliphatic carbocycles. The Labute approximate surface area is 112 Å². The van der Waals surface area contributed by atoms with E-state index in [1.807, 2.05) is 0 Å². The second-order valence-electron chi connectivity index (χ2n) is 6.73. The van der Waals surface area contributed by atoms with Gasteiger partial charge >= 0.3 is 5.97 Å². The molecule has 0 saturated heterocycles. The molecule has 2 fully saturated rings. The standard InChI is InChI=1S/C13H20N4O2/c1-12(2)7-9(12)10-14-15-16-17(10)8-13(11(18)19)5-3-4-6-13/h9H,3-8H2,1-2H3,(H,18,19). The average molecular weight is 264 g/mol. The van der Waals surface area contributed by atoms with Crippen molar-refractivity contribution in [2.45, 2.75) is 58.4 Å². The normalized spacial score (nSPS) is 27.4. The molecule has 6 heteroatoms. The monoisotopic (exact) mass is 264 g/mol. The Morgan fingerprint density at radius 1 is 1.42 bits per heavy atom. The van der Waals surface area contributed by atoms with Gasteiger partial charge in [-0.3, -0.25) is 4.79 Å². The zero-order valence-electron chi connectivity index (χ0n) is 11.5. The van der Waals surface area contributed by atoms with Gasteiger partial charge in [0.2, 0.25) is 0 Å². The van der Waals surface area contributed by atoms with Gasteiger partial charge < -0.3 is 5.11 Å². The van der Waals surface area contributed by atoms with Gasteiger partial charge in [-0.1, -0.05) is 26.7 Å². The van der Waals surface area contributed by atoms with E-state index in [2.05, 4.69) is 29.4 Å². The molecule has 6 nitrogen and oxygen atoms in total. The number of carboxylic acid groups (broad SMARTS) is 1. The molecule has 2 aliphatic rings. The average Bonchev–Trinajstić information content (AvgIpc) is 2.79.